The maximum atomic E-state index is 13.3. The van der Waals surface area contributed by atoms with Crippen molar-refractivity contribution in [3.05, 3.63) is 57.9 Å². The molecule has 0 aromatic heterocycles. The van der Waals surface area contributed by atoms with Gasteiger partial charge in [0.15, 0.2) is 5.78 Å². The third-order valence-electron chi connectivity index (χ3n) is 5.60. The molecule has 2 aliphatic rings. The predicted octanol–water partition coefficient (Wildman–Crippen LogP) is 4.67. The van der Waals surface area contributed by atoms with E-state index >= 15 is 0 Å². The van der Waals surface area contributed by atoms with E-state index < -0.39 is 5.41 Å². The minimum atomic E-state index is -0.447. The quantitative estimate of drug-likeness (QED) is 0.799. The molecule has 0 amide bonds. The van der Waals surface area contributed by atoms with Gasteiger partial charge in [-0.15, -0.1) is 11.8 Å². The summed E-state index contributed by atoms with van der Waals surface area (Å²) >= 11 is 1.66. The van der Waals surface area contributed by atoms with Gasteiger partial charge in [-0.05, 0) is 37.3 Å². The molecule has 1 N–H and O–H groups in total. The lowest BCUT2D eigenvalue weighted by Crippen LogP contribution is -2.46. The van der Waals surface area contributed by atoms with Crippen LogP contribution in [-0.4, -0.2) is 18.8 Å². The van der Waals surface area contributed by atoms with Crippen LogP contribution in [0.15, 0.2) is 57.3 Å². The number of nitrogens with one attached hydrogen (secondary N) is 1. The fraction of sp³-hybridized carbons (Fsp3) is 0.429. The van der Waals surface area contributed by atoms with Crippen LogP contribution in [0.3, 0.4) is 0 Å². The molecule has 0 radical (unpaired) electrons. The Morgan fingerprint density at radius 1 is 1.28 bits per heavy atom. The van der Waals surface area contributed by atoms with Gasteiger partial charge < -0.3 is 5.32 Å². The largest absolute Gasteiger partial charge is 0.342 e. The lowest BCUT2D eigenvalue weighted by molar-refractivity contribution is -0.120. The van der Waals surface area contributed by atoms with Crippen LogP contribution in [-0.2, 0) is 10.2 Å². The maximum Gasteiger partial charge on any atom is 0.164 e. The van der Waals surface area contributed by atoms with E-state index in [2.05, 4.69) is 56.2 Å². The van der Waals surface area contributed by atoms with Crippen molar-refractivity contribution >= 4 is 24.3 Å². The first-order valence-electron chi connectivity index (χ1n) is 8.88. The zero-order valence-electron chi connectivity index (χ0n) is 15.4. The first-order valence-corrected chi connectivity index (χ1v) is 10.1. The van der Waals surface area contributed by atoms with Gasteiger partial charge in [-0.2, -0.15) is 0 Å². The number of thioether (sulfide) groups is 1. The minimum Gasteiger partial charge on any atom is -0.342 e. The second-order valence-electron chi connectivity index (χ2n) is 6.98. The van der Waals surface area contributed by atoms with Crippen molar-refractivity contribution in [2.75, 3.05) is 6.26 Å². The van der Waals surface area contributed by atoms with E-state index in [-0.39, 0.29) is 11.7 Å². The van der Waals surface area contributed by atoms with E-state index in [0.717, 1.165) is 40.4 Å². The average Bonchev–Trinajstić information content (AvgIpc) is 2.64. The molecule has 3 rings (SSSR count). The first-order chi connectivity index (χ1) is 12.0. The Bertz CT molecular complexity index is 765. The number of hydrogen-bond acceptors (Lipinski definition) is 4. The van der Waals surface area contributed by atoms with Crippen LogP contribution < -0.4 is 5.32 Å². The fourth-order valence-corrected chi connectivity index (χ4v) is 5.45. The summed E-state index contributed by atoms with van der Waals surface area (Å²) in [6, 6.07) is 10.4. The first kappa shape index (κ1) is 18.0. The number of allylic oxidation sites excluding steroid dienone is 3. The number of carbonyl (C=O) groups is 1. The molecular weight excluding hydrogens is 328 g/mol. The number of ketones is 1. The molecule has 132 valence electrons. The van der Waals surface area contributed by atoms with Gasteiger partial charge in [0.25, 0.3) is 0 Å². The van der Waals surface area contributed by atoms with Crippen LogP contribution in [0, 0.1) is 11.8 Å². The second kappa shape index (κ2) is 6.83. The molecule has 1 aromatic carbocycles. The Hall–Kier alpha value is -1.81. The predicted molar refractivity (Wildman–Crippen MR) is 107 cm³/mol. The summed E-state index contributed by atoms with van der Waals surface area (Å²) in [5.74, 6) is 1.41. The standard InChI is InChI=1S/C21H26N2OS/c1-6-21(15-10-8-7-9-11-15)16-17(13(2)12-14(3)18(16)24)23-20(22-4)19(21)25-5/h7-11,13-14,23H,4,6,12H2,1-3,5H3/t13-,14-,21+/m1/s1. The summed E-state index contributed by atoms with van der Waals surface area (Å²) in [5.41, 5.74) is 2.68. The highest BCUT2D eigenvalue weighted by Crippen LogP contribution is 2.54. The summed E-state index contributed by atoms with van der Waals surface area (Å²) in [4.78, 5) is 18.7. The van der Waals surface area contributed by atoms with Crippen molar-refractivity contribution in [3.63, 3.8) is 0 Å². The van der Waals surface area contributed by atoms with Crippen molar-refractivity contribution < 1.29 is 4.79 Å². The second-order valence-corrected chi connectivity index (χ2v) is 7.80. The molecule has 0 unspecified atom stereocenters. The SMILES string of the molecule is C=NC1=C(SC)[C@@](CC)(c2ccccc2)C2=C(N1)[C@H](C)C[C@@H](C)C2=O. The molecule has 0 bridgehead atoms. The van der Waals surface area contributed by atoms with E-state index in [1.165, 1.54) is 0 Å². The highest BCUT2D eigenvalue weighted by molar-refractivity contribution is 8.02. The number of aliphatic imine (C=N–C) groups is 1. The summed E-state index contributed by atoms with van der Waals surface area (Å²) < 4.78 is 0. The summed E-state index contributed by atoms with van der Waals surface area (Å²) in [5, 5.41) is 3.45. The van der Waals surface area contributed by atoms with Crippen LogP contribution in [0.5, 0.6) is 0 Å². The molecule has 0 saturated heterocycles. The van der Waals surface area contributed by atoms with Crippen molar-refractivity contribution in [1.82, 2.24) is 5.32 Å². The van der Waals surface area contributed by atoms with Crippen molar-refractivity contribution in [1.29, 1.82) is 0 Å². The molecule has 0 fully saturated rings. The van der Waals surface area contributed by atoms with Gasteiger partial charge in [0, 0.05) is 22.1 Å². The van der Waals surface area contributed by atoms with Gasteiger partial charge in [-0.1, -0.05) is 51.1 Å². The molecule has 0 spiro atoms. The molecular formula is C21H26N2OS. The lowest BCUT2D eigenvalue weighted by atomic mass is 9.63. The summed E-state index contributed by atoms with van der Waals surface area (Å²) in [7, 11) is 0. The van der Waals surface area contributed by atoms with Gasteiger partial charge >= 0.3 is 0 Å². The van der Waals surface area contributed by atoms with E-state index in [1.54, 1.807) is 11.8 Å². The maximum absolute atomic E-state index is 13.3. The number of Topliss-reactive ketones (excluding diaryl/α,β-unsaturated/α-hetero) is 1. The van der Waals surface area contributed by atoms with Gasteiger partial charge in [0.05, 0.1) is 5.41 Å². The summed E-state index contributed by atoms with van der Waals surface area (Å²) in [6.45, 7) is 10.2. The summed E-state index contributed by atoms with van der Waals surface area (Å²) in [6.07, 6.45) is 3.75. The molecule has 1 aliphatic heterocycles. The van der Waals surface area contributed by atoms with Crippen molar-refractivity contribution in [3.8, 4) is 0 Å². The Labute approximate surface area is 154 Å². The number of rotatable bonds is 4. The van der Waals surface area contributed by atoms with E-state index in [1.807, 2.05) is 18.2 Å². The van der Waals surface area contributed by atoms with E-state index in [9.17, 15) is 4.79 Å². The zero-order chi connectivity index (χ0) is 18.2. The molecule has 4 heteroatoms. The monoisotopic (exact) mass is 354 g/mol. The highest BCUT2D eigenvalue weighted by atomic mass is 32.2. The van der Waals surface area contributed by atoms with Crippen LogP contribution in [0.4, 0.5) is 0 Å². The highest BCUT2D eigenvalue weighted by Gasteiger charge is 2.50. The number of nitrogens with zero attached hydrogens (tertiary/aromatic N) is 1. The molecule has 1 heterocycles. The number of carbonyl (C=O) groups excluding carboxylic acids is 1. The van der Waals surface area contributed by atoms with Crippen molar-refractivity contribution in [2.45, 2.75) is 39.0 Å². The molecule has 3 atom stereocenters. The Kier molecular flexibility index (Phi) is 4.92. The van der Waals surface area contributed by atoms with Crippen LogP contribution in [0.1, 0.15) is 39.2 Å². The third kappa shape index (κ3) is 2.58. The van der Waals surface area contributed by atoms with Gasteiger partial charge in [0.1, 0.15) is 5.82 Å². The van der Waals surface area contributed by atoms with Crippen LogP contribution in [0.2, 0.25) is 0 Å². The molecule has 25 heavy (non-hydrogen) atoms. The van der Waals surface area contributed by atoms with Crippen LogP contribution >= 0.6 is 11.8 Å². The Morgan fingerprint density at radius 3 is 2.52 bits per heavy atom. The Morgan fingerprint density at radius 2 is 1.96 bits per heavy atom. The minimum absolute atomic E-state index is 0.0477. The molecule has 3 nitrogen and oxygen atoms in total. The van der Waals surface area contributed by atoms with Gasteiger partial charge in [0.2, 0.25) is 0 Å². The topological polar surface area (TPSA) is 41.5 Å². The number of hydrogen-bond donors (Lipinski definition) is 1. The van der Waals surface area contributed by atoms with E-state index in [4.69, 9.17) is 0 Å². The zero-order valence-corrected chi connectivity index (χ0v) is 16.2. The molecule has 1 aromatic rings. The normalized spacial score (nSPS) is 29.4. The van der Waals surface area contributed by atoms with E-state index in [0.29, 0.717) is 5.92 Å². The molecule has 0 saturated carbocycles. The lowest BCUT2D eigenvalue weighted by Gasteiger charge is -2.46. The third-order valence-corrected chi connectivity index (χ3v) is 6.55. The van der Waals surface area contributed by atoms with Gasteiger partial charge in [-0.25, -0.2) is 4.99 Å². The van der Waals surface area contributed by atoms with Crippen molar-refractivity contribution in [2.24, 2.45) is 16.8 Å². The fourth-order valence-electron chi connectivity index (χ4n) is 4.43. The Balaban J connectivity index is 2.38. The smallest absolute Gasteiger partial charge is 0.164 e. The number of dihydropyridines is 1. The average molecular weight is 355 g/mol. The number of benzene rings is 1. The molecule has 1 aliphatic carbocycles. The van der Waals surface area contributed by atoms with Gasteiger partial charge in [-0.3, -0.25) is 4.79 Å². The van der Waals surface area contributed by atoms with Crippen LogP contribution in [0.25, 0.3) is 0 Å².